The van der Waals surface area contributed by atoms with Crippen molar-refractivity contribution in [1.82, 2.24) is 4.90 Å². The van der Waals surface area contributed by atoms with Gasteiger partial charge in [-0.05, 0) is 18.2 Å². The van der Waals surface area contributed by atoms with Crippen LogP contribution in [0.2, 0.25) is 5.02 Å². The molecule has 0 bridgehead atoms. The van der Waals surface area contributed by atoms with Crippen molar-refractivity contribution in [2.24, 2.45) is 0 Å². The van der Waals surface area contributed by atoms with Crippen molar-refractivity contribution >= 4 is 23.2 Å². The summed E-state index contributed by atoms with van der Waals surface area (Å²) in [6.07, 6.45) is -0.483. The first kappa shape index (κ1) is 16.1. The number of hydrogen-bond acceptors (Lipinski definition) is 5. The van der Waals surface area contributed by atoms with Gasteiger partial charge in [0.1, 0.15) is 6.07 Å². The van der Waals surface area contributed by atoms with Gasteiger partial charge >= 0.3 is 0 Å². The number of ether oxygens (including phenoxy) is 2. The van der Waals surface area contributed by atoms with Crippen LogP contribution in [0, 0.1) is 11.3 Å². The smallest absolute Gasteiger partial charge is 0.253 e. The lowest BCUT2D eigenvalue weighted by Gasteiger charge is -2.37. The third-order valence-corrected chi connectivity index (χ3v) is 4.43. The topological polar surface area (TPSA) is 65.8 Å². The zero-order chi connectivity index (χ0) is 16.2. The van der Waals surface area contributed by atoms with Crippen LogP contribution in [0.4, 0.5) is 5.69 Å². The fourth-order valence-electron chi connectivity index (χ4n) is 2.82. The third kappa shape index (κ3) is 3.58. The summed E-state index contributed by atoms with van der Waals surface area (Å²) >= 11 is 5.98. The van der Waals surface area contributed by atoms with Gasteiger partial charge in [0.05, 0.1) is 37.0 Å². The molecule has 1 aromatic rings. The number of benzene rings is 1. The Labute approximate surface area is 140 Å². The average molecular weight is 336 g/mol. The van der Waals surface area contributed by atoms with E-state index in [0.29, 0.717) is 56.6 Å². The summed E-state index contributed by atoms with van der Waals surface area (Å²) in [4.78, 5) is 16.4. The Bertz CT molecular complexity index is 625. The van der Waals surface area contributed by atoms with Crippen LogP contribution in [0.1, 0.15) is 5.56 Å². The van der Waals surface area contributed by atoms with Crippen LogP contribution in [0.25, 0.3) is 0 Å². The van der Waals surface area contributed by atoms with E-state index >= 15 is 0 Å². The number of halogens is 1. The maximum atomic E-state index is 12.6. The summed E-state index contributed by atoms with van der Waals surface area (Å²) in [6.45, 7) is 4.00. The number of hydrogen-bond donors (Lipinski definition) is 0. The Hall–Kier alpha value is -1.81. The molecule has 0 spiro atoms. The molecule has 1 atom stereocenters. The third-order valence-electron chi connectivity index (χ3n) is 4.10. The minimum atomic E-state index is -0.483. The van der Waals surface area contributed by atoms with Crippen LogP contribution in [-0.2, 0) is 14.3 Å². The van der Waals surface area contributed by atoms with Crippen LogP contribution in [0.5, 0.6) is 0 Å². The molecule has 1 aromatic carbocycles. The lowest BCUT2D eigenvalue weighted by Crippen LogP contribution is -2.53. The molecule has 0 radical (unpaired) electrons. The van der Waals surface area contributed by atoms with E-state index in [1.54, 1.807) is 17.0 Å². The van der Waals surface area contributed by atoms with Crippen molar-refractivity contribution in [1.29, 1.82) is 5.26 Å². The van der Waals surface area contributed by atoms with Gasteiger partial charge in [0.2, 0.25) is 0 Å². The number of carbonyl (C=O) groups excluding carboxylic acids is 1. The molecule has 23 heavy (non-hydrogen) atoms. The zero-order valence-electron chi connectivity index (χ0n) is 12.7. The molecule has 2 heterocycles. The van der Waals surface area contributed by atoms with Crippen molar-refractivity contribution in [2.75, 3.05) is 50.9 Å². The second-order valence-corrected chi connectivity index (χ2v) is 5.93. The van der Waals surface area contributed by atoms with Gasteiger partial charge in [0, 0.05) is 25.3 Å². The number of nitrogens with zero attached hydrogens (tertiary/aromatic N) is 3. The number of rotatable bonds is 2. The SMILES string of the molecule is N#Cc1cc(N2CCOC(C(=O)N3CCOCC3)C2)ccc1Cl. The van der Waals surface area contributed by atoms with Gasteiger partial charge in [-0.15, -0.1) is 0 Å². The molecule has 122 valence electrons. The predicted octanol–water partition coefficient (Wildman–Crippen LogP) is 1.28. The number of amides is 1. The van der Waals surface area contributed by atoms with Crippen molar-refractivity contribution in [3.8, 4) is 6.07 Å². The van der Waals surface area contributed by atoms with E-state index in [4.69, 9.17) is 26.3 Å². The first-order valence-electron chi connectivity index (χ1n) is 7.62. The van der Waals surface area contributed by atoms with E-state index in [1.807, 2.05) is 6.07 Å². The van der Waals surface area contributed by atoms with Crippen molar-refractivity contribution in [3.05, 3.63) is 28.8 Å². The number of carbonyl (C=O) groups is 1. The molecule has 6 nitrogen and oxygen atoms in total. The number of morpholine rings is 2. The van der Waals surface area contributed by atoms with Gasteiger partial charge in [-0.2, -0.15) is 5.26 Å². The fraction of sp³-hybridized carbons (Fsp3) is 0.500. The maximum absolute atomic E-state index is 12.6. The lowest BCUT2D eigenvalue weighted by molar-refractivity contribution is -0.148. The van der Waals surface area contributed by atoms with Gasteiger partial charge < -0.3 is 19.3 Å². The Morgan fingerprint density at radius 1 is 1.26 bits per heavy atom. The Morgan fingerprint density at radius 2 is 2.04 bits per heavy atom. The van der Waals surface area contributed by atoms with Gasteiger partial charge in [-0.3, -0.25) is 4.79 Å². The van der Waals surface area contributed by atoms with Gasteiger partial charge in [0.25, 0.3) is 5.91 Å². The molecule has 1 unspecified atom stereocenters. The molecular weight excluding hydrogens is 318 g/mol. The highest BCUT2D eigenvalue weighted by Crippen LogP contribution is 2.24. The van der Waals surface area contributed by atoms with Crippen molar-refractivity contribution in [3.63, 3.8) is 0 Å². The zero-order valence-corrected chi connectivity index (χ0v) is 13.5. The van der Waals surface area contributed by atoms with Crippen molar-refractivity contribution < 1.29 is 14.3 Å². The highest BCUT2D eigenvalue weighted by molar-refractivity contribution is 6.31. The van der Waals surface area contributed by atoms with Gasteiger partial charge in [0.15, 0.2) is 6.10 Å². The molecule has 2 aliphatic rings. The van der Waals surface area contributed by atoms with Crippen LogP contribution in [0.15, 0.2) is 18.2 Å². The summed E-state index contributed by atoms with van der Waals surface area (Å²) in [5.41, 5.74) is 1.32. The van der Waals surface area contributed by atoms with E-state index in [2.05, 4.69) is 11.0 Å². The highest BCUT2D eigenvalue weighted by atomic mass is 35.5. The first-order valence-corrected chi connectivity index (χ1v) is 7.99. The highest BCUT2D eigenvalue weighted by Gasteiger charge is 2.31. The molecule has 2 saturated heterocycles. The second-order valence-electron chi connectivity index (χ2n) is 5.52. The summed E-state index contributed by atoms with van der Waals surface area (Å²) in [7, 11) is 0. The van der Waals surface area contributed by atoms with E-state index in [-0.39, 0.29) is 5.91 Å². The van der Waals surface area contributed by atoms with Crippen LogP contribution in [-0.4, -0.2) is 62.9 Å². The minimum Gasteiger partial charge on any atom is -0.378 e. The van der Waals surface area contributed by atoms with E-state index in [1.165, 1.54) is 0 Å². The molecule has 1 amide bonds. The molecule has 7 heteroatoms. The Balaban J connectivity index is 1.70. The van der Waals surface area contributed by atoms with Crippen LogP contribution >= 0.6 is 11.6 Å². The Morgan fingerprint density at radius 3 is 2.78 bits per heavy atom. The quantitative estimate of drug-likeness (QED) is 0.814. The number of anilines is 1. The summed E-state index contributed by atoms with van der Waals surface area (Å²) in [5.74, 6) is 0.00692. The molecular formula is C16H18ClN3O3. The molecule has 2 aliphatic heterocycles. The monoisotopic (exact) mass is 335 g/mol. The first-order chi connectivity index (χ1) is 11.2. The molecule has 0 N–H and O–H groups in total. The molecule has 2 fully saturated rings. The van der Waals surface area contributed by atoms with Gasteiger partial charge in [-0.1, -0.05) is 11.6 Å². The molecule has 3 rings (SSSR count). The van der Waals surface area contributed by atoms with E-state index < -0.39 is 6.10 Å². The molecule has 0 aliphatic carbocycles. The van der Waals surface area contributed by atoms with E-state index in [9.17, 15) is 4.79 Å². The molecule has 0 saturated carbocycles. The minimum absolute atomic E-state index is 0.00692. The maximum Gasteiger partial charge on any atom is 0.253 e. The standard InChI is InChI=1S/C16H18ClN3O3/c17-14-2-1-13(9-12(14)10-18)20-5-8-23-15(11-20)16(21)19-3-6-22-7-4-19/h1-2,9,15H,3-8,11H2. The van der Waals surface area contributed by atoms with Crippen molar-refractivity contribution in [2.45, 2.75) is 6.10 Å². The molecule has 0 aromatic heterocycles. The average Bonchev–Trinajstić information content (AvgIpc) is 2.62. The second kappa shape index (κ2) is 7.18. The van der Waals surface area contributed by atoms with Crippen LogP contribution in [0.3, 0.4) is 0 Å². The van der Waals surface area contributed by atoms with Crippen LogP contribution < -0.4 is 4.90 Å². The fourth-order valence-corrected chi connectivity index (χ4v) is 2.98. The normalized spacial score (nSPS) is 21.8. The summed E-state index contributed by atoms with van der Waals surface area (Å²) in [5, 5.41) is 9.54. The van der Waals surface area contributed by atoms with Gasteiger partial charge in [-0.25, -0.2) is 0 Å². The Kier molecular flexibility index (Phi) is 5.01. The largest absolute Gasteiger partial charge is 0.378 e. The number of nitriles is 1. The summed E-state index contributed by atoms with van der Waals surface area (Å²) < 4.78 is 10.9. The predicted molar refractivity (Wildman–Crippen MR) is 85.5 cm³/mol. The van der Waals surface area contributed by atoms with E-state index in [0.717, 1.165) is 5.69 Å². The lowest BCUT2D eigenvalue weighted by atomic mass is 10.1. The summed E-state index contributed by atoms with van der Waals surface area (Å²) in [6, 6.07) is 7.41.